The van der Waals surface area contributed by atoms with E-state index in [9.17, 15) is 4.79 Å². The number of hydrogen-bond donors (Lipinski definition) is 1. The lowest BCUT2D eigenvalue weighted by molar-refractivity contribution is -0.138. The number of aryl methyl sites for hydroxylation is 1. The highest BCUT2D eigenvalue weighted by Crippen LogP contribution is 2.34. The van der Waals surface area contributed by atoms with Gasteiger partial charge in [0.2, 0.25) is 0 Å². The second-order valence-corrected chi connectivity index (χ2v) is 8.44. The van der Waals surface area contributed by atoms with Gasteiger partial charge in [0.1, 0.15) is 0 Å². The summed E-state index contributed by atoms with van der Waals surface area (Å²) >= 11 is 0. The van der Waals surface area contributed by atoms with Gasteiger partial charge in [0, 0.05) is 18.6 Å². The molecule has 3 nitrogen and oxygen atoms in total. The molecule has 160 valence electrons. The summed E-state index contributed by atoms with van der Waals surface area (Å²) in [7, 11) is 0. The van der Waals surface area contributed by atoms with E-state index in [0.29, 0.717) is 24.5 Å². The van der Waals surface area contributed by atoms with E-state index in [-0.39, 0.29) is 12.6 Å². The highest BCUT2D eigenvalue weighted by atomic mass is 16.5. The van der Waals surface area contributed by atoms with Gasteiger partial charge in [0.05, 0.1) is 6.61 Å². The molecule has 0 aliphatic heterocycles. The molecule has 0 amide bonds. The molecule has 2 aromatic rings. The Morgan fingerprint density at radius 1 is 1.07 bits per heavy atom. The number of esters is 1. The first-order valence-corrected chi connectivity index (χ1v) is 11.2. The van der Waals surface area contributed by atoms with Gasteiger partial charge >= 0.3 is 5.97 Å². The van der Waals surface area contributed by atoms with Crippen LogP contribution >= 0.6 is 0 Å². The van der Waals surface area contributed by atoms with Crippen LogP contribution in [0.15, 0.2) is 54.6 Å². The first kappa shape index (κ1) is 22.3. The summed E-state index contributed by atoms with van der Waals surface area (Å²) in [5.41, 5.74) is 6.63. The fourth-order valence-corrected chi connectivity index (χ4v) is 4.32. The van der Waals surface area contributed by atoms with Crippen molar-refractivity contribution in [1.82, 2.24) is 0 Å². The maximum Gasteiger partial charge on any atom is 0.333 e. The van der Waals surface area contributed by atoms with Gasteiger partial charge < -0.3 is 9.84 Å². The molecule has 0 aromatic heterocycles. The average Bonchev–Trinajstić information content (AvgIpc) is 2.78. The molecule has 1 N–H and O–H groups in total. The molecule has 2 aromatic carbocycles. The van der Waals surface area contributed by atoms with Gasteiger partial charge in [-0.1, -0.05) is 68.3 Å². The van der Waals surface area contributed by atoms with E-state index >= 15 is 0 Å². The van der Waals surface area contributed by atoms with Gasteiger partial charge in [-0.2, -0.15) is 0 Å². The first-order valence-electron chi connectivity index (χ1n) is 11.2. The standard InChI is InChI=1S/C27H34O3/c1-20(2)27(29)30-18-16-25-19-21(7-6-17-28)10-15-26(25)24-13-11-23(12-14-24)22-8-4-3-5-9-22/h10-15,19,22,28H,1,3-9,16-18H2,2H3. The smallest absolute Gasteiger partial charge is 0.333 e. The summed E-state index contributed by atoms with van der Waals surface area (Å²) in [5.74, 6) is 0.361. The molecule has 0 saturated heterocycles. The van der Waals surface area contributed by atoms with Crippen molar-refractivity contribution in [1.29, 1.82) is 0 Å². The maximum atomic E-state index is 11.7. The van der Waals surface area contributed by atoms with Crippen molar-refractivity contribution < 1.29 is 14.6 Å². The van der Waals surface area contributed by atoms with Gasteiger partial charge in [-0.05, 0) is 66.3 Å². The van der Waals surface area contributed by atoms with Crippen molar-refractivity contribution in [3.63, 3.8) is 0 Å². The number of benzene rings is 2. The minimum absolute atomic E-state index is 0.190. The first-order chi connectivity index (χ1) is 14.6. The molecular weight excluding hydrogens is 372 g/mol. The van der Waals surface area contributed by atoms with Crippen molar-refractivity contribution in [3.05, 3.63) is 71.3 Å². The number of ether oxygens (including phenoxy) is 1. The largest absolute Gasteiger partial charge is 0.462 e. The summed E-state index contributed by atoms with van der Waals surface area (Å²) < 4.78 is 5.34. The SMILES string of the molecule is C=C(C)C(=O)OCCc1cc(CCCO)ccc1-c1ccc(C2CCCCC2)cc1. The summed E-state index contributed by atoms with van der Waals surface area (Å²) in [6, 6.07) is 15.5. The normalized spacial score (nSPS) is 14.5. The van der Waals surface area contributed by atoms with Crippen LogP contribution in [0.3, 0.4) is 0 Å². The Kier molecular flexibility index (Phi) is 8.27. The molecule has 1 fully saturated rings. The predicted octanol–water partition coefficient (Wildman–Crippen LogP) is 5.99. The topological polar surface area (TPSA) is 46.5 Å². The van der Waals surface area contributed by atoms with Crippen LogP contribution in [0.2, 0.25) is 0 Å². The third kappa shape index (κ3) is 6.06. The zero-order chi connectivity index (χ0) is 21.3. The molecule has 3 heteroatoms. The zero-order valence-electron chi connectivity index (χ0n) is 18.2. The molecule has 0 unspecified atom stereocenters. The van der Waals surface area contributed by atoms with Crippen LogP contribution in [0.25, 0.3) is 11.1 Å². The highest BCUT2D eigenvalue weighted by Gasteiger charge is 2.16. The molecule has 0 bridgehead atoms. The molecule has 1 aliphatic carbocycles. The van der Waals surface area contributed by atoms with Crippen molar-refractivity contribution in [2.75, 3.05) is 13.2 Å². The second-order valence-electron chi connectivity index (χ2n) is 8.44. The molecule has 30 heavy (non-hydrogen) atoms. The van der Waals surface area contributed by atoms with E-state index in [1.54, 1.807) is 6.92 Å². The third-order valence-electron chi connectivity index (χ3n) is 6.04. The molecule has 1 aliphatic rings. The van der Waals surface area contributed by atoms with Crippen molar-refractivity contribution in [2.45, 2.75) is 64.2 Å². The summed E-state index contributed by atoms with van der Waals surface area (Å²) in [6.45, 7) is 5.83. The van der Waals surface area contributed by atoms with Crippen LogP contribution in [-0.4, -0.2) is 24.3 Å². The number of aliphatic hydroxyl groups excluding tert-OH is 1. The van der Waals surface area contributed by atoms with Gasteiger partial charge in [0.25, 0.3) is 0 Å². The van der Waals surface area contributed by atoms with E-state index in [1.165, 1.54) is 59.9 Å². The Hall–Kier alpha value is -2.39. The van der Waals surface area contributed by atoms with Crippen molar-refractivity contribution >= 4 is 5.97 Å². The average molecular weight is 407 g/mol. The lowest BCUT2D eigenvalue weighted by Crippen LogP contribution is -2.09. The van der Waals surface area contributed by atoms with Gasteiger partial charge in [-0.25, -0.2) is 4.79 Å². The number of hydrogen-bond acceptors (Lipinski definition) is 3. The zero-order valence-corrected chi connectivity index (χ0v) is 18.2. The number of aliphatic hydroxyl groups is 1. The number of rotatable bonds is 9. The molecule has 0 heterocycles. The molecular formula is C27H34O3. The molecule has 0 atom stereocenters. The Morgan fingerprint density at radius 2 is 1.80 bits per heavy atom. The van der Waals surface area contributed by atoms with Crippen molar-refractivity contribution in [3.8, 4) is 11.1 Å². The fourth-order valence-electron chi connectivity index (χ4n) is 4.32. The molecule has 0 spiro atoms. The van der Waals surface area contributed by atoms with Gasteiger partial charge in [-0.3, -0.25) is 0 Å². The van der Waals surface area contributed by atoms with Crippen LogP contribution in [0.4, 0.5) is 0 Å². The van der Waals surface area contributed by atoms with E-state index in [4.69, 9.17) is 9.84 Å². The van der Waals surface area contributed by atoms with Crippen molar-refractivity contribution in [2.24, 2.45) is 0 Å². The molecule has 1 saturated carbocycles. The quantitative estimate of drug-likeness (QED) is 0.411. The Bertz CT molecular complexity index is 845. The number of carbonyl (C=O) groups excluding carboxylic acids is 1. The maximum absolute atomic E-state index is 11.7. The van der Waals surface area contributed by atoms with Crippen LogP contribution in [0, 0.1) is 0 Å². The third-order valence-corrected chi connectivity index (χ3v) is 6.04. The summed E-state index contributed by atoms with van der Waals surface area (Å²) in [6.07, 6.45) is 8.91. The van der Waals surface area contributed by atoms with Crippen LogP contribution in [0.5, 0.6) is 0 Å². The van der Waals surface area contributed by atoms with E-state index < -0.39 is 0 Å². The van der Waals surface area contributed by atoms with E-state index in [1.807, 2.05) is 0 Å². The van der Waals surface area contributed by atoms with Gasteiger partial charge in [0.15, 0.2) is 0 Å². The second kappa shape index (κ2) is 11.1. The fraction of sp³-hybridized carbons (Fsp3) is 0.444. The monoisotopic (exact) mass is 406 g/mol. The minimum atomic E-state index is -0.343. The lowest BCUT2D eigenvalue weighted by Gasteiger charge is -2.22. The Morgan fingerprint density at radius 3 is 2.47 bits per heavy atom. The van der Waals surface area contributed by atoms with Crippen LogP contribution in [-0.2, 0) is 22.4 Å². The Labute approximate surface area is 180 Å². The summed E-state index contributed by atoms with van der Waals surface area (Å²) in [4.78, 5) is 11.7. The van der Waals surface area contributed by atoms with E-state index in [2.05, 4.69) is 49.0 Å². The molecule has 0 radical (unpaired) electrons. The predicted molar refractivity (Wildman–Crippen MR) is 123 cm³/mol. The summed E-state index contributed by atoms with van der Waals surface area (Å²) in [5, 5.41) is 9.15. The highest BCUT2D eigenvalue weighted by molar-refractivity contribution is 5.86. The minimum Gasteiger partial charge on any atom is -0.462 e. The molecule has 3 rings (SSSR count). The lowest BCUT2D eigenvalue weighted by atomic mass is 9.83. The van der Waals surface area contributed by atoms with E-state index in [0.717, 1.165) is 12.8 Å². The van der Waals surface area contributed by atoms with Crippen LogP contribution < -0.4 is 0 Å². The Balaban J connectivity index is 1.79. The number of carbonyl (C=O) groups is 1. The van der Waals surface area contributed by atoms with Gasteiger partial charge in [-0.15, -0.1) is 0 Å². The van der Waals surface area contributed by atoms with Crippen LogP contribution in [0.1, 0.15) is 68.1 Å².